The van der Waals surface area contributed by atoms with E-state index in [1.54, 1.807) is 0 Å². The first-order valence-corrected chi connectivity index (χ1v) is 21.0. The van der Waals surface area contributed by atoms with E-state index in [-0.39, 0.29) is 0 Å². The number of para-hydroxylation sites is 1. The van der Waals surface area contributed by atoms with Gasteiger partial charge in [-0.2, -0.15) is 0 Å². The van der Waals surface area contributed by atoms with Gasteiger partial charge in [-0.1, -0.05) is 182 Å². The van der Waals surface area contributed by atoms with Crippen LogP contribution in [0.15, 0.2) is 218 Å². The summed E-state index contributed by atoms with van der Waals surface area (Å²) < 4.78 is 2.32. The van der Waals surface area contributed by atoms with Crippen LogP contribution in [-0.4, -0.2) is 9.38 Å². The number of benzene rings is 11. The lowest BCUT2D eigenvalue weighted by molar-refractivity contribution is 1.31. The van der Waals surface area contributed by atoms with Gasteiger partial charge in [0.25, 0.3) is 0 Å². The van der Waals surface area contributed by atoms with Crippen LogP contribution in [0.4, 0.5) is 0 Å². The van der Waals surface area contributed by atoms with Crippen LogP contribution in [-0.2, 0) is 0 Å². The maximum absolute atomic E-state index is 5.25. The van der Waals surface area contributed by atoms with Gasteiger partial charge >= 0.3 is 0 Å². The number of pyridine rings is 1. The van der Waals surface area contributed by atoms with Crippen LogP contribution in [0.3, 0.4) is 0 Å². The molecule has 11 aromatic carbocycles. The molecule has 0 aliphatic carbocycles. The molecule has 0 aliphatic rings. The lowest BCUT2D eigenvalue weighted by atomic mass is 9.84. The molecule has 2 nitrogen and oxygen atoms in total. The maximum atomic E-state index is 5.25. The fourth-order valence-corrected chi connectivity index (χ4v) is 10.0. The smallest absolute Gasteiger partial charge is 0.146 e. The first kappa shape index (κ1) is 33.9. The molecule has 282 valence electrons. The van der Waals surface area contributed by atoms with Gasteiger partial charge in [-0.25, -0.2) is 4.98 Å². The Balaban J connectivity index is 0.972. The van der Waals surface area contributed by atoms with Crippen molar-refractivity contribution in [3.8, 4) is 44.5 Å². The molecule has 0 fully saturated rings. The van der Waals surface area contributed by atoms with Crippen molar-refractivity contribution in [2.45, 2.75) is 0 Å². The largest absolute Gasteiger partial charge is 0.292 e. The molecule has 2 heteroatoms. The van der Waals surface area contributed by atoms with Crippen molar-refractivity contribution in [3.05, 3.63) is 218 Å². The summed E-state index contributed by atoms with van der Waals surface area (Å²) in [6.45, 7) is 0. The van der Waals surface area contributed by atoms with Gasteiger partial charge in [-0.15, -0.1) is 0 Å². The van der Waals surface area contributed by atoms with E-state index in [1.165, 1.54) is 104 Å². The third-order valence-corrected chi connectivity index (χ3v) is 12.9. The molecule has 0 spiro atoms. The van der Waals surface area contributed by atoms with E-state index >= 15 is 0 Å². The highest BCUT2D eigenvalue weighted by molar-refractivity contribution is 6.23. The minimum absolute atomic E-state index is 0.993. The Morgan fingerprint density at radius 2 is 0.721 bits per heavy atom. The van der Waals surface area contributed by atoms with E-state index in [9.17, 15) is 0 Å². The van der Waals surface area contributed by atoms with E-state index in [1.807, 2.05) is 0 Å². The lowest BCUT2D eigenvalue weighted by Gasteiger charge is -2.19. The van der Waals surface area contributed by atoms with Crippen LogP contribution < -0.4 is 0 Å². The second kappa shape index (κ2) is 13.2. The number of aromatic nitrogens is 2. The van der Waals surface area contributed by atoms with E-state index in [4.69, 9.17) is 4.98 Å². The molecular formula is C59H36N2. The monoisotopic (exact) mass is 772 g/mol. The second-order valence-corrected chi connectivity index (χ2v) is 16.3. The van der Waals surface area contributed by atoms with E-state index < -0.39 is 0 Å². The van der Waals surface area contributed by atoms with Gasteiger partial charge in [-0.05, 0) is 129 Å². The third-order valence-electron chi connectivity index (χ3n) is 12.9. The Labute approximate surface area is 352 Å². The lowest BCUT2D eigenvalue weighted by Crippen LogP contribution is -1.92. The molecule has 0 saturated carbocycles. The van der Waals surface area contributed by atoms with Gasteiger partial charge in [0, 0.05) is 10.8 Å². The molecule has 2 heterocycles. The average Bonchev–Trinajstić information content (AvgIpc) is 3.72. The highest BCUT2D eigenvalue weighted by Crippen LogP contribution is 2.46. The quantitative estimate of drug-likeness (QED) is 0.129. The fraction of sp³-hybridized carbons (Fsp3) is 0. The molecule has 2 aromatic heterocycles. The molecule has 0 amide bonds. The number of nitrogens with zero attached hydrogens (tertiary/aromatic N) is 2. The van der Waals surface area contributed by atoms with E-state index in [2.05, 4.69) is 223 Å². The van der Waals surface area contributed by atoms with E-state index in [0.717, 1.165) is 22.2 Å². The molecule has 0 radical (unpaired) electrons. The van der Waals surface area contributed by atoms with Crippen LogP contribution >= 0.6 is 0 Å². The van der Waals surface area contributed by atoms with Crippen molar-refractivity contribution >= 4 is 81.4 Å². The number of hydrogen-bond donors (Lipinski definition) is 0. The average molecular weight is 773 g/mol. The van der Waals surface area contributed by atoms with Crippen LogP contribution in [0.5, 0.6) is 0 Å². The van der Waals surface area contributed by atoms with Gasteiger partial charge in [0.05, 0.1) is 16.6 Å². The van der Waals surface area contributed by atoms with Gasteiger partial charge < -0.3 is 0 Å². The molecule has 13 rings (SSSR count). The number of rotatable bonds is 4. The van der Waals surface area contributed by atoms with Gasteiger partial charge in [0.15, 0.2) is 0 Å². The zero-order valence-corrected chi connectivity index (χ0v) is 33.2. The standard InChI is InChI=1S/C59H36N2/c1-3-13-41-33-45(27-25-37(41)11-1)57-49-17-6-7-18-50(49)58(46-28-26-38-12-2-4-14-42(38)34-46)53-35-43(29-31-51(53)57)39-21-23-40(24-22-39)44-30-32-56-54(36-44)60-59-52-19-8-5-15-47(52)48-16-9-10-20-55(48)61(56)59/h1-36H. The van der Waals surface area contributed by atoms with Gasteiger partial charge in [-0.3, -0.25) is 4.40 Å². The summed E-state index contributed by atoms with van der Waals surface area (Å²) in [5.74, 6) is 0. The SMILES string of the molecule is c1ccc2cc(-c3c4ccccc4c(-c4ccc5ccccc5c4)c4cc(-c5ccc(-c6ccc7c(c6)nc6c8ccccc8c8ccccc8n76)cc5)ccc34)ccc2c1. The maximum Gasteiger partial charge on any atom is 0.146 e. The Hall–Kier alpha value is -8.07. The summed E-state index contributed by atoms with van der Waals surface area (Å²) in [5, 5.41) is 13.6. The highest BCUT2D eigenvalue weighted by Gasteiger charge is 2.19. The Bertz CT molecular complexity index is 3930. The highest BCUT2D eigenvalue weighted by atomic mass is 15.0. The summed E-state index contributed by atoms with van der Waals surface area (Å²) in [6.07, 6.45) is 0. The molecule has 61 heavy (non-hydrogen) atoms. The Morgan fingerprint density at radius 1 is 0.262 bits per heavy atom. The predicted molar refractivity (Wildman–Crippen MR) is 259 cm³/mol. The number of hydrogen-bond acceptors (Lipinski definition) is 1. The number of fused-ring (bicyclic) bond motifs is 12. The van der Waals surface area contributed by atoms with Crippen molar-refractivity contribution in [3.63, 3.8) is 0 Å². The van der Waals surface area contributed by atoms with Crippen molar-refractivity contribution in [2.24, 2.45) is 0 Å². The molecule has 0 saturated heterocycles. The molecular weight excluding hydrogens is 737 g/mol. The first-order chi connectivity index (χ1) is 30.2. The van der Waals surface area contributed by atoms with Crippen molar-refractivity contribution < 1.29 is 0 Å². The normalized spacial score (nSPS) is 11.9. The Kier molecular flexibility index (Phi) is 7.34. The summed E-state index contributed by atoms with van der Waals surface area (Å²) in [6, 6.07) is 80.2. The molecule has 0 N–H and O–H groups in total. The van der Waals surface area contributed by atoms with Crippen LogP contribution in [0.1, 0.15) is 0 Å². The summed E-state index contributed by atoms with van der Waals surface area (Å²) in [4.78, 5) is 5.25. The van der Waals surface area contributed by atoms with Crippen molar-refractivity contribution in [1.82, 2.24) is 9.38 Å². The topological polar surface area (TPSA) is 17.3 Å². The molecule has 0 aliphatic heterocycles. The molecule has 0 atom stereocenters. The van der Waals surface area contributed by atoms with Crippen molar-refractivity contribution in [1.29, 1.82) is 0 Å². The fourth-order valence-electron chi connectivity index (χ4n) is 10.0. The van der Waals surface area contributed by atoms with E-state index in [0.29, 0.717) is 0 Å². The minimum atomic E-state index is 0.993. The summed E-state index contributed by atoms with van der Waals surface area (Å²) in [7, 11) is 0. The van der Waals surface area contributed by atoms with Gasteiger partial charge in [0.2, 0.25) is 0 Å². The van der Waals surface area contributed by atoms with Crippen LogP contribution in [0.2, 0.25) is 0 Å². The second-order valence-electron chi connectivity index (χ2n) is 16.3. The zero-order valence-electron chi connectivity index (χ0n) is 33.2. The van der Waals surface area contributed by atoms with Gasteiger partial charge in [0.1, 0.15) is 5.65 Å². The zero-order chi connectivity index (χ0) is 40.0. The molecule has 13 aromatic rings. The molecule has 0 unspecified atom stereocenters. The first-order valence-electron chi connectivity index (χ1n) is 21.0. The minimum Gasteiger partial charge on any atom is -0.292 e. The summed E-state index contributed by atoms with van der Waals surface area (Å²) >= 11 is 0. The molecule has 0 bridgehead atoms. The van der Waals surface area contributed by atoms with Crippen LogP contribution in [0, 0.1) is 0 Å². The van der Waals surface area contributed by atoms with Crippen molar-refractivity contribution in [2.75, 3.05) is 0 Å². The Morgan fingerprint density at radius 3 is 1.38 bits per heavy atom. The number of imidazole rings is 1. The third kappa shape index (κ3) is 5.26. The van der Waals surface area contributed by atoms with Crippen LogP contribution in [0.25, 0.3) is 126 Å². The predicted octanol–water partition coefficient (Wildman–Crippen LogP) is 16.1. The summed E-state index contributed by atoms with van der Waals surface area (Å²) in [5.41, 5.74) is 14.0.